The Kier molecular flexibility index (Phi) is 6.93. The summed E-state index contributed by atoms with van der Waals surface area (Å²) in [5.41, 5.74) is 1.06. The zero-order valence-corrected chi connectivity index (χ0v) is 10.1. The zero-order chi connectivity index (χ0) is 12.3. The van der Waals surface area contributed by atoms with Crippen molar-refractivity contribution >= 4 is 5.91 Å². The highest BCUT2D eigenvalue weighted by Gasteiger charge is 2.00. The Hall–Kier alpha value is -1.46. The highest BCUT2D eigenvalue weighted by atomic mass is 16.5. The lowest BCUT2D eigenvalue weighted by Gasteiger charge is -2.06. The van der Waals surface area contributed by atoms with E-state index in [1.54, 1.807) is 19.5 Å². The second-order valence-corrected chi connectivity index (χ2v) is 3.62. The summed E-state index contributed by atoms with van der Waals surface area (Å²) in [6, 6.07) is 3.77. The summed E-state index contributed by atoms with van der Waals surface area (Å²) in [5.74, 6) is 0.0479. The van der Waals surface area contributed by atoms with Crippen LogP contribution in [0.2, 0.25) is 0 Å². The number of amides is 1. The van der Waals surface area contributed by atoms with Crippen molar-refractivity contribution in [3.63, 3.8) is 0 Å². The molecule has 1 rings (SSSR count). The number of hydrogen-bond donors (Lipinski definition) is 2. The molecule has 94 valence electrons. The minimum atomic E-state index is 0.0479. The maximum Gasteiger partial charge on any atom is 0.221 e. The third kappa shape index (κ3) is 6.65. The van der Waals surface area contributed by atoms with Crippen molar-refractivity contribution in [3.8, 4) is 0 Å². The first-order valence-electron chi connectivity index (χ1n) is 5.68. The molecule has 0 aliphatic rings. The van der Waals surface area contributed by atoms with Gasteiger partial charge in [-0.15, -0.1) is 0 Å². The highest BCUT2D eigenvalue weighted by molar-refractivity contribution is 5.76. The van der Waals surface area contributed by atoms with E-state index in [0.29, 0.717) is 26.1 Å². The summed E-state index contributed by atoms with van der Waals surface area (Å²) in [5, 5.41) is 5.97. The molecule has 0 radical (unpaired) electrons. The lowest BCUT2D eigenvalue weighted by Crippen LogP contribution is -2.28. The maximum atomic E-state index is 11.5. The van der Waals surface area contributed by atoms with E-state index in [1.165, 1.54) is 0 Å². The average molecular weight is 237 g/mol. The fourth-order valence-electron chi connectivity index (χ4n) is 1.29. The maximum absolute atomic E-state index is 11.5. The normalized spacial score (nSPS) is 10.2. The van der Waals surface area contributed by atoms with Crippen LogP contribution < -0.4 is 10.6 Å². The van der Waals surface area contributed by atoms with Gasteiger partial charge in [-0.25, -0.2) is 0 Å². The quantitative estimate of drug-likeness (QED) is 0.639. The van der Waals surface area contributed by atoms with Gasteiger partial charge in [0.05, 0.1) is 6.61 Å². The van der Waals surface area contributed by atoms with Crippen LogP contribution in [0, 0.1) is 0 Å². The van der Waals surface area contributed by atoms with Gasteiger partial charge in [-0.2, -0.15) is 0 Å². The van der Waals surface area contributed by atoms with Crippen molar-refractivity contribution in [2.45, 2.75) is 13.0 Å². The molecule has 0 fully saturated rings. The van der Waals surface area contributed by atoms with Gasteiger partial charge in [0.25, 0.3) is 0 Å². The Morgan fingerprint density at radius 3 is 2.82 bits per heavy atom. The molecule has 0 atom stereocenters. The summed E-state index contributed by atoms with van der Waals surface area (Å²) >= 11 is 0. The first kappa shape index (κ1) is 13.6. The Labute approximate surface area is 102 Å². The Morgan fingerprint density at radius 2 is 2.12 bits per heavy atom. The van der Waals surface area contributed by atoms with E-state index in [4.69, 9.17) is 4.74 Å². The lowest BCUT2D eigenvalue weighted by molar-refractivity contribution is -0.121. The fourth-order valence-corrected chi connectivity index (χ4v) is 1.29. The second-order valence-electron chi connectivity index (χ2n) is 3.62. The lowest BCUT2D eigenvalue weighted by atomic mass is 10.2. The molecule has 1 amide bonds. The smallest absolute Gasteiger partial charge is 0.221 e. The van der Waals surface area contributed by atoms with Gasteiger partial charge in [0.1, 0.15) is 0 Å². The van der Waals surface area contributed by atoms with Gasteiger partial charge >= 0.3 is 0 Å². The molecule has 0 saturated heterocycles. The third-order valence-electron chi connectivity index (χ3n) is 2.25. The van der Waals surface area contributed by atoms with Gasteiger partial charge in [0.2, 0.25) is 5.91 Å². The number of carbonyl (C=O) groups excluding carboxylic acids is 1. The van der Waals surface area contributed by atoms with E-state index in [0.717, 1.165) is 12.1 Å². The first-order chi connectivity index (χ1) is 8.33. The number of pyridine rings is 1. The molecule has 2 N–H and O–H groups in total. The first-order valence-corrected chi connectivity index (χ1v) is 5.68. The molecule has 0 saturated carbocycles. The van der Waals surface area contributed by atoms with Gasteiger partial charge in [0.15, 0.2) is 0 Å². The summed E-state index contributed by atoms with van der Waals surface area (Å²) in [6.07, 6.45) is 3.91. The number of nitrogens with one attached hydrogen (secondary N) is 2. The molecule has 1 heterocycles. The SMILES string of the molecule is COCCNCCC(=O)NCc1ccncc1. The van der Waals surface area contributed by atoms with Crippen molar-refractivity contribution in [2.75, 3.05) is 26.8 Å². The molecule has 0 unspecified atom stereocenters. The minimum Gasteiger partial charge on any atom is -0.383 e. The van der Waals surface area contributed by atoms with E-state index < -0.39 is 0 Å². The average Bonchev–Trinajstić information content (AvgIpc) is 2.37. The van der Waals surface area contributed by atoms with Crippen LogP contribution >= 0.6 is 0 Å². The topological polar surface area (TPSA) is 63.2 Å². The number of carbonyl (C=O) groups is 1. The molecular formula is C12H19N3O2. The largest absolute Gasteiger partial charge is 0.383 e. The molecule has 5 heteroatoms. The Morgan fingerprint density at radius 1 is 1.35 bits per heavy atom. The van der Waals surface area contributed by atoms with E-state index in [-0.39, 0.29) is 5.91 Å². The van der Waals surface area contributed by atoms with E-state index in [2.05, 4.69) is 15.6 Å². The van der Waals surface area contributed by atoms with E-state index >= 15 is 0 Å². The molecule has 0 aliphatic heterocycles. The van der Waals surface area contributed by atoms with Gasteiger partial charge in [0, 0.05) is 45.6 Å². The van der Waals surface area contributed by atoms with Crippen LogP contribution in [0.1, 0.15) is 12.0 Å². The number of aromatic nitrogens is 1. The van der Waals surface area contributed by atoms with Gasteiger partial charge in [-0.05, 0) is 17.7 Å². The molecule has 17 heavy (non-hydrogen) atoms. The Bertz CT molecular complexity index is 317. The number of nitrogens with zero attached hydrogens (tertiary/aromatic N) is 1. The third-order valence-corrected chi connectivity index (χ3v) is 2.25. The molecular weight excluding hydrogens is 218 g/mol. The van der Waals surface area contributed by atoms with Crippen molar-refractivity contribution in [1.29, 1.82) is 0 Å². The monoisotopic (exact) mass is 237 g/mol. The van der Waals surface area contributed by atoms with Crippen LogP contribution in [0.15, 0.2) is 24.5 Å². The zero-order valence-electron chi connectivity index (χ0n) is 10.1. The van der Waals surface area contributed by atoms with Crippen LogP contribution in [0.5, 0.6) is 0 Å². The van der Waals surface area contributed by atoms with E-state index in [1.807, 2.05) is 12.1 Å². The van der Waals surface area contributed by atoms with Crippen molar-refractivity contribution < 1.29 is 9.53 Å². The fraction of sp³-hybridized carbons (Fsp3) is 0.500. The summed E-state index contributed by atoms with van der Waals surface area (Å²) < 4.78 is 4.89. The predicted molar refractivity (Wildman–Crippen MR) is 65.4 cm³/mol. The highest BCUT2D eigenvalue weighted by Crippen LogP contribution is 1.94. The number of rotatable bonds is 8. The molecule has 1 aromatic rings. The van der Waals surface area contributed by atoms with Crippen LogP contribution in [-0.2, 0) is 16.1 Å². The van der Waals surface area contributed by atoms with Crippen molar-refractivity contribution in [2.24, 2.45) is 0 Å². The molecule has 0 spiro atoms. The van der Waals surface area contributed by atoms with Gasteiger partial charge < -0.3 is 15.4 Å². The summed E-state index contributed by atoms with van der Waals surface area (Å²) in [4.78, 5) is 15.4. The van der Waals surface area contributed by atoms with Crippen molar-refractivity contribution in [3.05, 3.63) is 30.1 Å². The van der Waals surface area contributed by atoms with Crippen LogP contribution in [0.4, 0.5) is 0 Å². The number of hydrogen-bond acceptors (Lipinski definition) is 4. The summed E-state index contributed by atoms with van der Waals surface area (Å²) in [7, 11) is 1.66. The summed E-state index contributed by atoms with van der Waals surface area (Å²) in [6.45, 7) is 2.66. The standard InChI is InChI=1S/C12H19N3O2/c1-17-9-8-14-7-4-12(16)15-10-11-2-5-13-6-3-11/h2-3,5-6,14H,4,7-10H2,1H3,(H,15,16). The number of methoxy groups -OCH3 is 1. The van der Waals surface area contributed by atoms with Crippen LogP contribution in [0.25, 0.3) is 0 Å². The van der Waals surface area contributed by atoms with Crippen molar-refractivity contribution in [1.82, 2.24) is 15.6 Å². The second kappa shape index (κ2) is 8.66. The molecule has 0 bridgehead atoms. The molecule has 5 nitrogen and oxygen atoms in total. The molecule has 0 aromatic carbocycles. The molecule has 1 aromatic heterocycles. The van der Waals surface area contributed by atoms with Gasteiger partial charge in [-0.1, -0.05) is 0 Å². The van der Waals surface area contributed by atoms with Crippen LogP contribution in [0.3, 0.4) is 0 Å². The minimum absolute atomic E-state index is 0.0479. The molecule has 0 aliphatic carbocycles. The van der Waals surface area contributed by atoms with E-state index in [9.17, 15) is 4.79 Å². The van der Waals surface area contributed by atoms with Gasteiger partial charge in [-0.3, -0.25) is 9.78 Å². The Balaban J connectivity index is 2.05. The predicted octanol–water partition coefficient (Wildman–Crippen LogP) is 0.324. The van der Waals surface area contributed by atoms with Crippen LogP contribution in [-0.4, -0.2) is 37.7 Å². The number of ether oxygens (including phenoxy) is 1.